The molecule has 1 atom stereocenters. The molecule has 0 saturated heterocycles. The highest BCUT2D eigenvalue weighted by atomic mass is 35.5. The minimum absolute atomic E-state index is 0.0346. The number of hydrogen-bond acceptors (Lipinski definition) is 4. The maximum absolute atomic E-state index is 11.7. The molecule has 1 heterocycles. The van der Waals surface area contributed by atoms with Crippen molar-refractivity contribution < 1.29 is 9.90 Å². The van der Waals surface area contributed by atoms with Crippen LogP contribution < -0.4 is 10.6 Å². The molecule has 0 radical (unpaired) electrons. The number of urea groups is 1. The smallest absolute Gasteiger partial charge is 0.321 e. The van der Waals surface area contributed by atoms with Crippen LogP contribution in [0.3, 0.4) is 0 Å². The Hall–Kier alpha value is -1.34. The van der Waals surface area contributed by atoms with E-state index in [2.05, 4.69) is 15.6 Å². The maximum Gasteiger partial charge on any atom is 0.321 e. The quantitative estimate of drug-likeness (QED) is 0.792. The van der Waals surface area contributed by atoms with Gasteiger partial charge in [-0.05, 0) is 30.7 Å². The molecule has 21 heavy (non-hydrogen) atoms. The van der Waals surface area contributed by atoms with Crippen LogP contribution in [0.1, 0.15) is 17.4 Å². The number of thiazole rings is 1. The molecule has 2 amide bonds. The van der Waals surface area contributed by atoms with Gasteiger partial charge in [0.05, 0.1) is 11.8 Å². The molecule has 1 unspecified atom stereocenters. The molecule has 8 heteroatoms. The van der Waals surface area contributed by atoms with E-state index in [1.807, 2.05) is 12.3 Å². The molecule has 1 aromatic carbocycles. The zero-order valence-electron chi connectivity index (χ0n) is 11.1. The van der Waals surface area contributed by atoms with Crippen molar-refractivity contribution in [1.82, 2.24) is 10.3 Å². The Bertz CT molecular complexity index is 628. The number of aliphatic hydroxyl groups excluding tert-OH is 1. The van der Waals surface area contributed by atoms with E-state index < -0.39 is 12.1 Å². The van der Waals surface area contributed by atoms with Crippen LogP contribution in [-0.4, -0.2) is 22.7 Å². The Morgan fingerprint density at radius 2 is 2.05 bits per heavy atom. The van der Waals surface area contributed by atoms with Gasteiger partial charge in [-0.15, -0.1) is 11.3 Å². The monoisotopic (exact) mass is 345 g/mol. The van der Waals surface area contributed by atoms with E-state index in [4.69, 9.17) is 23.2 Å². The minimum Gasteiger partial charge on any atom is -0.387 e. The van der Waals surface area contributed by atoms with E-state index >= 15 is 0 Å². The molecule has 0 aliphatic heterocycles. The molecule has 0 aliphatic carbocycles. The first-order valence-corrected chi connectivity index (χ1v) is 7.68. The van der Waals surface area contributed by atoms with Crippen molar-refractivity contribution in [3.05, 3.63) is 44.9 Å². The number of carbonyl (C=O) groups is 1. The molecule has 1 aromatic heterocycles. The molecule has 2 rings (SSSR count). The van der Waals surface area contributed by atoms with Gasteiger partial charge in [-0.3, -0.25) is 5.32 Å². The number of halogens is 2. The summed E-state index contributed by atoms with van der Waals surface area (Å²) in [7, 11) is 0. The van der Waals surface area contributed by atoms with Gasteiger partial charge in [0.1, 0.15) is 0 Å². The number of carbonyl (C=O) groups excluding carboxylic acids is 1. The molecule has 5 nitrogen and oxygen atoms in total. The Kier molecular flexibility index (Phi) is 5.41. The van der Waals surface area contributed by atoms with Crippen LogP contribution in [0.4, 0.5) is 9.93 Å². The topological polar surface area (TPSA) is 74.2 Å². The molecule has 0 fully saturated rings. The lowest BCUT2D eigenvalue weighted by atomic mass is 10.1. The summed E-state index contributed by atoms with van der Waals surface area (Å²) in [5.41, 5.74) is 1.38. The number of aromatic nitrogens is 1. The summed E-state index contributed by atoms with van der Waals surface area (Å²) in [6.45, 7) is 1.87. The number of hydrogen-bond donors (Lipinski definition) is 3. The SMILES string of the molecule is Cc1csc(NC(=O)NCC(O)c2cc(Cl)cc(Cl)c2)n1. The van der Waals surface area contributed by atoms with Crippen LogP contribution >= 0.6 is 34.5 Å². The fourth-order valence-electron chi connectivity index (χ4n) is 1.63. The van der Waals surface area contributed by atoms with Gasteiger partial charge in [0.15, 0.2) is 5.13 Å². The number of aliphatic hydroxyl groups is 1. The maximum atomic E-state index is 11.7. The normalized spacial score (nSPS) is 12.0. The molecular weight excluding hydrogens is 333 g/mol. The van der Waals surface area contributed by atoms with Crippen molar-refractivity contribution in [3.63, 3.8) is 0 Å². The van der Waals surface area contributed by atoms with E-state index in [-0.39, 0.29) is 6.54 Å². The molecule has 112 valence electrons. The van der Waals surface area contributed by atoms with Crippen LogP contribution in [0.15, 0.2) is 23.6 Å². The molecule has 0 aliphatic rings. The van der Waals surface area contributed by atoms with E-state index in [1.165, 1.54) is 11.3 Å². The molecule has 0 saturated carbocycles. The number of benzene rings is 1. The fourth-order valence-corrected chi connectivity index (χ4v) is 2.85. The lowest BCUT2D eigenvalue weighted by Gasteiger charge is -2.13. The predicted octanol–water partition coefficient (Wildman–Crippen LogP) is 3.61. The van der Waals surface area contributed by atoms with Crippen LogP contribution in [0, 0.1) is 6.92 Å². The number of anilines is 1. The van der Waals surface area contributed by atoms with Gasteiger partial charge in [-0.1, -0.05) is 23.2 Å². The van der Waals surface area contributed by atoms with E-state index in [9.17, 15) is 9.90 Å². The van der Waals surface area contributed by atoms with Gasteiger partial charge in [0.25, 0.3) is 0 Å². The van der Waals surface area contributed by atoms with Crippen molar-refractivity contribution in [3.8, 4) is 0 Å². The third kappa shape index (κ3) is 4.86. The number of nitrogens with one attached hydrogen (secondary N) is 2. The molecular formula is C13H13Cl2N3O2S. The molecule has 0 spiro atoms. The number of amides is 2. The van der Waals surface area contributed by atoms with Gasteiger partial charge in [-0.25, -0.2) is 9.78 Å². The Balaban J connectivity index is 1.88. The average molecular weight is 346 g/mol. The third-order valence-corrected chi connectivity index (χ3v) is 3.88. The summed E-state index contributed by atoms with van der Waals surface area (Å²) in [5, 5.41) is 18.4. The number of rotatable bonds is 4. The third-order valence-electron chi connectivity index (χ3n) is 2.57. The highest BCUT2D eigenvalue weighted by Crippen LogP contribution is 2.23. The first-order chi connectivity index (χ1) is 9.94. The van der Waals surface area contributed by atoms with Gasteiger partial charge in [0, 0.05) is 22.0 Å². The van der Waals surface area contributed by atoms with Crippen LogP contribution in [0.2, 0.25) is 10.0 Å². The average Bonchev–Trinajstić information content (AvgIpc) is 2.80. The van der Waals surface area contributed by atoms with Crippen molar-refractivity contribution in [2.75, 3.05) is 11.9 Å². The highest BCUT2D eigenvalue weighted by Gasteiger charge is 2.12. The van der Waals surface area contributed by atoms with Crippen molar-refractivity contribution >= 4 is 45.7 Å². The summed E-state index contributed by atoms with van der Waals surface area (Å²) >= 11 is 13.1. The first-order valence-electron chi connectivity index (χ1n) is 6.05. The van der Waals surface area contributed by atoms with Crippen LogP contribution in [0.25, 0.3) is 0 Å². The van der Waals surface area contributed by atoms with Gasteiger partial charge in [-0.2, -0.15) is 0 Å². The summed E-state index contributed by atoms with van der Waals surface area (Å²) in [4.78, 5) is 15.8. The van der Waals surface area contributed by atoms with E-state index in [0.29, 0.717) is 20.7 Å². The lowest BCUT2D eigenvalue weighted by Crippen LogP contribution is -2.32. The Labute approximate surface area is 135 Å². The summed E-state index contributed by atoms with van der Waals surface area (Å²) < 4.78 is 0. The highest BCUT2D eigenvalue weighted by molar-refractivity contribution is 7.13. The zero-order chi connectivity index (χ0) is 15.4. The summed E-state index contributed by atoms with van der Waals surface area (Å²) in [6.07, 6.45) is -0.898. The molecule has 0 bridgehead atoms. The van der Waals surface area contributed by atoms with Crippen LogP contribution in [-0.2, 0) is 0 Å². The second-order valence-electron chi connectivity index (χ2n) is 4.35. The summed E-state index contributed by atoms with van der Waals surface area (Å²) in [5.74, 6) is 0. The second-order valence-corrected chi connectivity index (χ2v) is 6.08. The Morgan fingerprint density at radius 3 is 2.62 bits per heavy atom. The van der Waals surface area contributed by atoms with Gasteiger partial charge < -0.3 is 10.4 Å². The number of aryl methyl sites for hydroxylation is 1. The number of nitrogens with zero attached hydrogens (tertiary/aromatic N) is 1. The lowest BCUT2D eigenvalue weighted by molar-refractivity contribution is 0.175. The molecule has 2 aromatic rings. The van der Waals surface area contributed by atoms with Crippen molar-refractivity contribution in [2.45, 2.75) is 13.0 Å². The Morgan fingerprint density at radius 1 is 1.38 bits per heavy atom. The van der Waals surface area contributed by atoms with E-state index in [1.54, 1.807) is 18.2 Å². The molecule has 3 N–H and O–H groups in total. The minimum atomic E-state index is -0.898. The standard InChI is InChI=1S/C13H13Cl2N3O2S/c1-7-6-21-13(17-7)18-12(20)16-5-11(19)8-2-9(14)4-10(15)3-8/h2-4,6,11,19H,5H2,1H3,(H2,16,17,18,20). The first kappa shape index (κ1) is 16.0. The predicted molar refractivity (Wildman–Crippen MR) is 85.3 cm³/mol. The van der Waals surface area contributed by atoms with E-state index in [0.717, 1.165) is 5.69 Å². The largest absolute Gasteiger partial charge is 0.387 e. The van der Waals surface area contributed by atoms with Gasteiger partial charge >= 0.3 is 6.03 Å². The fraction of sp³-hybridized carbons (Fsp3) is 0.231. The van der Waals surface area contributed by atoms with Crippen LogP contribution in [0.5, 0.6) is 0 Å². The summed E-state index contributed by atoms with van der Waals surface area (Å²) in [6, 6.07) is 4.34. The van der Waals surface area contributed by atoms with Gasteiger partial charge in [0.2, 0.25) is 0 Å². The van der Waals surface area contributed by atoms with Crippen molar-refractivity contribution in [2.24, 2.45) is 0 Å². The second kappa shape index (κ2) is 7.09. The van der Waals surface area contributed by atoms with Crippen molar-refractivity contribution in [1.29, 1.82) is 0 Å². The zero-order valence-corrected chi connectivity index (χ0v) is 13.4.